The third-order valence-corrected chi connectivity index (χ3v) is 2.85. The molecule has 0 saturated carbocycles. The van der Waals surface area contributed by atoms with Crippen LogP contribution in [0.3, 0.4) is 0 Å². The van der Waals surface area contributed by atoms with Gasteiger partial charge in [0, 0.05) is 5.56 Å². The van der Waals surface area contributed by atoms with Gasteiger partial charge >= 0.3 is 0 Å². The first-order valence-corrected chi connectivity index (χ1v) is 5.80. The Kier molecular flexibility index (Phi) is 2.76. The van der Waals surface area contributed by atoms with Crippen LogP contribution < -0.4 is 5.73 Å². The van der Waals surface area contributed by atoms with Gasteiger partial charge in [-0.25, -0.2) is 9.37 Å². The zero-order chi connectivity index (χ0) is 13.2. The summed E-state index contributed by atoms with van der Waals surface area (Å²) in [4.78, 5) is 3.87. The number of halogens is 1. The summed E-state index contributed by atoms with van der Waals surface area (Å²) >= 11 is 0. The molecule has 0 aliphatic heterocycles. The maximum atomic E-state index is 12.9. The fourth-order valence-electron chi connectivity index (χ4n) is 1.92. The molecular weight excluding hydrogens is 243 g/mol. The van der Waals surface area contributed by atoms with Gasteiger partial charge in [0.1, 0.15) is 5.82 Å². The van der Waals surface area contributed by atoms with Crippen molar-refractivity contribution in [1.29, 1.82) is 0 Å². The number of oxazole rings is 1. The van der Waals surface area contributed by atoms with Crippen LogP contribution in [0.25, 0.3) is 22.5 Å². The number of hydrogen-bond donors (Lipinski definition) is 1. The molecule has 2 aromatic carbocycles. The smallest absolute Gasteiger partial charge is 0.292 e. The number of benzene rings is 2. The summed E-state index contributed by atoms with van der Waals surface area (Å²) in [6.45, 7) is 0. The van der Waals surface area contributed by atoms with Gasteiger partial charge in [-0.2, -0.15) is 0 Å². The Morgan fingerprint density at radius 3 is 2.37 bits per heavy atom. The molecule has 0 unspecified atom stereocenters. The Hall–Kier alpha value is -2.62. The van der Waals surface area contributed by atoms with Crippen LogP contribution in [-0.4, -0.2) is 4.98 Å². The van der Waals surface area contributed by atoms with Crippen molar-refractivity contribution in [3.05, 3.63) is 60.5 Å². The lowest BCUT2D eigenvalue weighted by Gasteiger charge is -2.03. The van der Waals surface area contributed by atoms with E-state index in [1.807, 2.05) is 24.3 Å². The molecule has 0 bridgehead atoms. The molecule has 0 spiro atoms. The highest BCUT2D eigenvalue weighted by atomic mass is 19.1. The Morgan fingerprint density at radius 2 is 1.68 bits per heavy atom. The molecule has 4 heteroatoms. The van der Waals surface area contributed by atoms with Crippen molar-refractivity contribution in [2.75, 3.05) is 5.73 Å². The van der Waals surface area contributed by atoms with Gasteiger partial charge in [0.2, 0.25) is 0 Å². The molecule has 0 aliphatic rings. The summed E-state index contributed by atoms with van der Waals surface area (Å²) in [5, 5.41) is 0. The lowest BCUT2D eigenvalue weighted by atomic mass is 10.0. The Bertz CT molecular complexity index is 704. The standard InChI is InChI=1S/C15H11FN2O/c16-13-6-4-10(5-7-13)11-2-1-3-12(8-11)14-9-18-15(17)19-14/h1-9H,(H2,17,18). The molecular formula is C15H11FN2O. The molecule has 3 rings (SSSR count). The molecule has 0 atom stereocenters. The lowest BCUT2D eigenvalue weighted by Crippen LogP contribution is -1.81. The van der Waals surface area contributed by atoms with Gasteiger partial charge in [0.15, 0.2) is 5.76 Å². The lowest BCUT2D eigenvalue weighted by molar-refractivity contribution is 0.595. The highest BCUT2D eigenvalue weighted by Crippen LogP contribution is 2.27. The molecule has 19 heavy (non-hydrogen) atoms. The van der Waals surface area contributed by atoms with Crippen LogP contribution in [-0.2, 0) is 0 Å². The van der Waals surface area contributed by atoms with E-state index in [2.05, 4.69) is 4.98 Å². The molecule has 1 heterocycles. The zero-order valence-corrected chi connectivity index (χ0v) is 10.0. The van der Waals surface area contributed by atoms with Crippen molar-refractivity contribution in [1.82, 2.24) is 4.98 Å². The molecule has 0 fully saturated rings. The molecule has 3 nitrogen and oxygen atoms in total. The van der Waals surface area contributed by atoms with E-state index in [9.17, 15) is 4.39 Å². The van der Waals surface area contributed by atoms with Gasteiger partial charge in [-0.3, -0.25) is 0 Å². The fourth-order valence-corrected chi connectivity index (χ4v) is 1.92. The predicted molar refractivity (Wildman–Crippen MR) is 71.7 cm³/mol. The SMILES string of the molecule is Nc1ncc(-c2cccc(-c3ccc(F)cc3)c2)o1. The van der Waals surface area contributed by atoms with Crippen molar-refractivity contribution >= 4 is 6.01 Å². The molecule has 94 valence electrons. The van der Waals surface area contributed by atoms with Gasteiger partial charge in [-0.05, 0) is 29.3 Å². The third-order valence-electron chi connectivity index (χ3n) is 2.85. The average molecular weight is 254 g/mol. The molecule has 0 aliphatic carbocycles. The second kappa shape index (κ2) is 4.57. The normalized spacial score (nSPS) is 10.6. The number of aromatic nitrogens is 1. The van der Waals surface area contributed by atoms with E-state index in [-0.39, 0.29) is 11.8 Å². The molecule has 3 aromatic rings. The molecule has 2 N–H and O–H groups in total. The predicted octanol–water partition coefficient (Wildman–Crippen LogP) is 3.73. The Balaban J connectivity index is 2.02. The van der Waals surface area contributed by atoms with Crippen molar-refractivity contribution in [3.63, 3.8) is 0 Å². The average Bonchev–Trinajstić information content (AvgIpc) is 2.86. The summed E-state index contributed by atoms with van der Waals surface area (Å²) in [5.41, 5.74) is 8.26. The maximum Gasteiger partial charge on any atom is 0.292 e. The van der Waals surface area contributed by atoms with E-state index in [0.717, 1.165) is 16.7 Å². The van der Waals surface area contributed by atoms with Crippen LogP contribution >= 0.6 is 0 Å². The van der Waals surface area contributed by atoms with Crippen LogP contribution in [0, 0.1) is 5.82 Å². The van der Waals surface area contributed by atoms with Crippen molar-refractivity contribution in [3.8, 4) is 22.5 Å². The van der Waals surface area contributed by atoms with Crippen LogP contribution in [0.1, 0.15) is 0 Å². The van der Waals surface area contributed by atoms with Gasteiger partial charge < -0.3 is 10.2 Å². The van der Waals surface area contributed by atoms with Crippen molar-refractivity contribution < 1.29 is 8.81 Å². The van der Waals surface area contributed by atoms with Crippen LogP contribution in [0.15, 0.2) is 59.1 Å². The number of nitrogens with two attached hydrogens (primary N) is 1. The quantitative estimate of drug-likeness (QED) is 0.758. The largest absolute Gasteiger partial charge is 0.424 e. The van der Waals surface area contributed by atoms with E-state index < -0.39 is 0 Å². The van der Waals surface area contributed by atoms with E-state index in [1.165, 1.54) is 12.1 Å². The molecule has 0 radical (unpaired) electrons. The van der Waals surface area contributed by atoms with Crippen molar-refractivity contribution in [2.45, 2.75) is 0 Å². The van der Waals surface area contributed by atoms with Crippen LogP contribution in [0.2, 0.25) is 0 Å². The minimum Gasteiger partial charge on any atom is -0.424 e. The van der Waals surface area contributed by atoms with Crippen LogP contribution in [0.4, 0.5) is 10.4 Å². The summed E-state index contributed by atoms with van der Waals surface area (Å²) in [7, 11) is 0. The number of hydrogen-bond acceptors (Lipinski definition) is 3. The van der Waals surface area contributed by atoms with Gasteiger partial charge in [0.25, 0.3) is 6.01 Å². The Morgan fingerprint density at radius 1 is 0.947 bits per heavy atom. The van der Waals surface area contributed by atoms with Gasteiger partial charge in [-0.15, -0.1) is 0 Å². The first-order chi connectivity index (χ1) is 9.22. The third kappa shape index (κ3) is 2.33. The fraction of sp³-hybridized carbons (Fsp3) is 0. The first kappa shape index (κ1) is 11.5. The monoisotopic (exact) mass is 254 g/mol. The number of nitrogens with zero attached hydrogens (tertiary/aromatic N) is 1. The minimum atomic E-state index is -0.247. The topological polar surface area (TPSA) is 52.0 Å². The van der Waals surface area contributed by atoms with E-state index in [0.29, 0.717) is 5.76 Å². The number of nitrogen functional groups attached to an aromatic ring is 1. The summed E-state index contributed by atoms with van der Waals surface area (Å²) < 4.78 is 18.2. The summed E-state index contributed by atoms with van der Waals surface area (Å²) in [6, 6.07) is 14.2. The highest BCUT2D eigenvalue weighted by Gasteiger charge is 2.06. The van der Waals surface area contributed by atoms with Crippen LogP contribution in [0.5, 0.6) is 0 Å². The van der Waals surface area contributed by atoms with Crippen molar-refractivity contribution in [2.24, 2.45) is 0 Å². The zero-order valence-electron chi connectivity index (χ0n) is 10.0. The first-order valence-electron chi connectivity index (χ1n) is 5.80. The summed E-state index contributed by atoms with van der Waals surface area (Å²) in [5.74, 6) is 0.365. The van der Waals surface area contributed by atoms with E-state index >= 15 is 0 Å². The molecule has 0 saturated heterocycles. The van der Waals surface area contributed by atoms with Gasteiger partial charge in [-0.1, -0.05) is 30.3 Å². The second-order valence-corrected chi connectivity index (χ2v) is 4.15. The number of rotatable bonds is 2. The highest BCUT2D eigenvalue weighted by molar-refractivity contribution is 5.70. The van der Waals surface area contributed by atoms with E-state index in [1.54, 1.807) is 18.3 Å². The summed E-state index contributed by atoms with van der Waals surface area (Å²) in [6.07, 6.45) is 1.58. The molecule has 1 aromatic heterocycles. The van der Waals surface area contributed by atoms with E-state index in [4.69, 9.17) is 10.2 Å². The maximum absolute atomic E-state index is 12.9. The molecule has 0 amide bonds. The second-order valence-electron chi connectivity index (χ2n) is 4.15. The Labute approximate surface area is 109 Å². The minimum absolute atomic E-state index is 0.141. The number of anilines is 1. The van der Waals surface area contributed by atoms with Gasteiger partial charge in [0.05, 0.1) is 6.20 Å².